The normalized spacial score (nSPS) is 19.6. The van der Waals surface area contributed by atoms with Crippen molar-refractivity contribution in [2.75, 3.05) is 20.1 Å². The Bertz CT molecular complexity index is 980. The molecule has 2 aliphatic rings. The minimum atomic E-state index is -0.752. The van der Waals surface area contributed by atoms with E-state index in [9.17, 15) is 14.7 Å². The number of rotatable bonds is 6. The number of carboxylic acids is 1. The van der Waals surface area contributed by atoms with E-state index in [0.717, 1.165) is 37.1 Å². The average molecular weight is 441 g/mol. The fourth-order valence-corrected chi connectivity index (χ4v) is 5.27. The van der Waals surface area contributed by atoms with Crippen molar-refractivity contribution in [3.05, 3.63) is 70.2 Å². The summed E-state index contributed by atoms with van der Waals surface area (Å²) in [6, 6.07) is 15.9. The number of aliphatic carboxylic acids is 1. The Labute approximate surface area is 188 Å². The highest BCUT2D eigenvalue weighted by atomic mass is 35.5. The van der Waals surface area contributed by atoms with Crippen molar-refractivity contribution in [3.63, 3.8) is 0 Å². The van der Waals surface area contributed by atoms with Crippen LogP contribution in [0, 0.1) is 0 Å². The number of piperidine rings is 1. The number of amides is 1. The van der Waals surface area contributed by atoms with Gasteiger partial charge in [0.05, 0.1) is 11.0 Å². The van der Waals surface area contributed by atoms with Crippen LogP contribution in [0.2, 0.25) is 5.02 Å². The molecule has 2 aromatic rings. The summed E-state index contributed by atoms with van der Waals surface area (Å²) in [5.41, 5.74) is 1.99. The van der Waals surface area contributed by atoms with E-state index in [0.29, 0.717) is 24.4 Å². The fraction of sp³-hybridized carbons (Fsp3) is 0.440. The molecule has 1 heterocycles. The van der Waals surface area contributed by atoms with E-state index in [1.807, 2.05) is 42.3 Å². The Morgan fingerprint density at radius 3 is 2.26 bits per heavy atom. The minimum absolute atomic E-state index is 0.0616. The van der Waals surface area contributed by atoms with Crippen molar-refractivity contribution >= 4 is 23.5 Å². The predicted molar refractivity (Wildman–Crippen MR) is 121 cm³/mol. The summed E-state index contributed by atoms with van der Waals surface area (Å²) in [6.07, 6.45) is 3.01. The summed E-state index contributed by atoms with van der Waals surface area (Å²) >= 11 is 6.28. The second-order valence-electron chi connectivity index (χ2n) is 8.94. The van der Waals surface area contributed by atoms with Gasteiger partial charge in [-0.2, -0.15) is 0 Å². The number of halogens is 1. The van der Waals surface area contributed by atoms with E-state index >= 15 is 0 Å². The first-order chi connectivity index (χ1) is 14.8. The van der Waals surface area contributed by atoms with Gasteiger partial charge in [0, 0.05) is 38.6 Å². The lowest BCUT2D eigenvalue weighted by atomic mass is 9.79. The molecule has 6 heteroatoms. The number of hydrogen-bond donors (Lipinski definition) is 1. The molecule has 1 N–H and O–H groups in total. The molecule has 2 aromatic carbocycles. The number of carbonyl (C=O) groups is 2. The van der Waals surface area contributed by atoms with Crippen LogP contribution >= 0.6 is 11.6 Å². The monoisotopic (exact) mass is 440 g/mol. The third kappa shape index (κ3) is 3.97. The molecule has 0 bridgehead atoms. The molecular formula is C25H29ClN2O3. The van der Waals surface area contributed by atoms with E-state index in [1.54, 1.807) is 13.0 Å². The number of carboxylic acid groups (broad SMARTS) is 1. The third-order valence-corrected chi connectivity index (χ3v) is 7.48. The lowest BCUT2D eigenvalue weighted by Gasteiger charge is -2.47. The molecule has 2 fully saturated rings. The molecule has 1 aliphatic carbocycles. The third-order valence-electron chi connectivity index (χ3n) is 7.24. The maximum Gasteiger partial charge on any atom is 0.314 e. The number of benzene rings is 2. The molecule has 1 aliphatic heterocycles. The second kappa shape index (κ2) is 8.29. The maximum atomic E-state index is 12.3. The standard InChI is InChI=1S/C25H29ClN2O3/c1-18(29)27(2)25(20-6-4-3-5-7-20)12-14-28(15-13-25)17-19-16-21(26)8-9-22(19)24(10-11-24)23(30)31/h3-9,16H,10-15,17H2,1-2H3,(H,30,31). The molecule has 0 radical (unpaired) electrons. The molecule has 0 aromatic heterocycles. The average Bonchev–Trinajstić information content (AvgIpc) is 3.57. The smallest absolute Gasteiger partial charge is 0.314 e. The lowest BCUT2D eigenvalue weighted by Crippen LogP contribution is -2.53. The Kier molecular flexibility index (Phi) is 5.84. The van der Waals surface area contributed by atoms with Crippen LogP contribution in [0.1, 0.15) is 49.3 Å². The zero-order valence-corrected chi connectivity index (χ0v) is 18.9. The first kappa shape index (κ1) is 21.8. The van der Waals surface area contributed by atoms with Crippen LogP contribution in [0.25, 0.3) is 0 Å². The van der Waals surface area contributed by atoms with Gasteiger partial charge in [0.2, 0.25) is 5.91 Å². The van der Waals surface area contributed by atoms with E-state index in [2.05, 4.69) is 17.0 Å². The summed E-state index contributed by atoms with van der Waals surface area (Å²) in [4.78, 5) is 28.4. The molecule has 4 rings (SSSR count). The zero-order valence-electron chi connectivity index (χ0n) is 18.1. The highest BCUT2D eigenvalue weighted by molar-refractivity contribution is 6.30. The number of likely N-dealkylation sites (tertiary alicyclic amines) is 1. The summed E-state index contributed by atoms with van der Waals surface area (Å²) < 4.78 is 0. The van der Waals surface area contributed by atoms with E-state index in [-0.39, 0.29) is 11.4 Å². The van der Waals surface area contributed by atoms with Crippen LogP contribution in [0.3, 0.4) is 0 Å². The summed E-state index contributed by atoms with van der Waals surface area (Å²) in [5, 5.41) is 10.4. The molecule has 164 valence electrons. The van der Waals surface area contributed by atoms with Gasteiger partial charge >= 0.3 is 5.97 Å². The summed E-state index contributed by atoms with van der Waals surface area (Å²) in [7, 11) is 1.89. The molecular weight excluding hydrogens is 412 g/mol. The first-order valence-corrected chi connectivity index (χ1v) is 11.2. The predicted octanol–water partition coefficient (Wildman–Crippen LogP) is 4.43. The molecule has 5 nitrogen and oxygen atoms in total. The van der Waals surface area contributed by atoms with Crippen molar-refractivity contribution in [3.8, 4) is 0 Å². The van der Waals surface area contributed by atoms with Crippen molar-refractivity contribution in [1.82, 2.24) is 9.80 Å². The van der Waals surface area contributed by atoms with E-state index < -0.39 is 11.4 Å². The van der Waals surface area contributed by atoms with Crippen LogP contribution in [0.15, 0.2) is 48.5 Å². The fourth-order valence-electron chi connectivity index (χ4n) is 5.07. The SMILES string of the molecule is CC(=O)N(C)C1(c2ccccc2)CCN(Cc2cc(Cl)ccc2C2(C(=O)O)CC2)CC1. The largest absolute Gasteiger partial charge is 0.481 e. The number of nitrogens with zero attached hydrogens (tertiary/aromatic N) is 2. The van der Waals surface area contributed by atoms with Crippen molar-refractivity contribution in [2.24, 2.45) is 0 Å². The van der Waals surface area contributed by atoms with Crippen LogP contribution in [-0.2, 0) is 27.1 Å². The molecule has 31 heavy (non-hydrogen) atoms. The molecule has 0 spiro atoms. The summed E-state index contributed by atoms with van der Waals surface area (Å²) in [5.74, 6) is -0.688. The van der Waals surface area contributed by atoms with Gasteiger partial charge in [-0.25, -0.2) is 0 Å². The Balaban J connectivity index is 1.56. The van der Waals surface area contributed by atoms with Gasteiger partial charge in [0.15, 0.2) is 0 Å². The number of carbonyl (C=O) groups excluding carboxylic acids is 1. The Hall–Kier alpha value is -2.37. The topological polar surface area (TPSA) is 60.9 Å². The Morgan fingerprint density at radius 2 is 1.71 bits per heavy atom. The van der Waals surface area contributed by atoms with Gasteiger partial charge < -0.3 is 10.0 Å². The van der Waals surface area contributed by atoms with Gasteiger partial charge in [-0.1, -0.05) is 48.0 Å². The van der Waals surface area contributed by atoms with Crippen LogP contribution < -0.4 is 0 Å². The van der Waals surface area contributed by atoms with Crippen LogP contribution in [0.5, 0.6) is 0 Å². The van der Waals surface area contributed by atoms with Crippen molar-refractivity contribution in [2.45, 2.75) is 50.1 Å². The van der Waals surface area contributed by atoms with Crippen molar-refractivity contribution < 1.29 is 14.7 Å². The highest BCUT2D eigenvalue weighted by Gasteiger charge is 2.53. The Morgan fingerprint density at radius 1 is 1.06 bits per heavy atom. The van der Waals surface area contributed by atoms with Gasteiger partial charge in [0.25, 0.3) is 0 Å². The highest BCUT2D eigenvalue weighted by Crippen LogP contribution is 2.50. The minimum Gasteiger partial charge on any atom is -0.481 e. The van der Waals surface area contributed by atoms with Crippen LogP contribution in [-0.4, -0.2) is 46.9 Å². The van der Waals surface area contributed by atoms with Gasteiger partial charge in [0.1, 0.15) is 0 Å². The molecule has 0 unspecified atom stereocenters. The second-order valence-corrected chi connectivity index (χ2v) is 9.38. The van der Waals surface area contributed by atoms with Gasteiger partial charge in [-0.05, 0) is 54.5 Å². The number of hydrogen-bond acceptors (Lipinski definition) is 3. The quantitative estimate of drug-likeness (QED) is 0.722. The first-order valence-electron chi connectivity index (χ1n) is 10.8. The summed E-state index contributed by atoms with van der Waals surface area (Å²) in [6.45, 7) is 3.92. The lowest BCUT2D eigenvalue weighted by molar-refractivity contribution is -0.140. The molecule has 1 saturated heterocycles. The molecule has 1 amide bonds. The van der Waals surface area contributed by atoms with Gasteiger partial charge in [-0.15, -0.1) is 0 Å². The molecule has 0 atom stereocenters. The molecule has 1 saturated carbocycles. The van der Waals surface area contributed by atoms with E-state index in [1.165, 1.54) is 5.56 Å². The van der Waals surface area contributed by atoms with Crippen molar-refractivity contribution in [1.29, 1.82) is 0 Å². The maximum absolute atomic E-state index is 12.3. The van der Waals surface area contributed by atoms with Gasteiger partial charge in [-0.3, -0.25) is 14.5 Å². The zero-order chi connectivity index (χ0) is 22.2. The van der Waals surface area contributed by atoms with Crippen LogP contribution in [0.4, 0.5) is 0 Å². The van der Waals surface area contributed by atoms with E-state index in [4.69, 9.17) is 11.6 Å².